The Morgan fingerprint density at radius 2 is 1.87 bits per heavy atom. The summed E-state index contributed by atoms with van der Waals surface area (Å²) in [5, 5.41) is 24.3. The molecule has 11 nitrogen and oxygen atoms in total. The van der Waals surface area contributed by atoms with E-state index in [0.717, 1.165) is 11.3 Å². The van der Waals surface area contributed by atoms with Gasteiger partial charge in [-0.3, -0.25) is 19.5 Å². The molecule has 0 radical (unpaired) electrons. The minimum Gasteiger partial charge on any atom is -0.493 e. The van der Waals surface area contributed by atoms with Gasteiger partial charge in [-0.05, 0) is 36.4 Å². The molecule has 0 saturated heterocycles. The van der Waals surface area contributed by atoms with Gasteiger partial charge >= 0.3 is 0 Å². The van der Waals surface area contributed by atoms with Crippen LogP contribution in [0.1, 0.15) is 5.56 Å². The third kappa shape index (κ3) is 6.10. The molecule has 0 saturated carbocycles. The Morgan fingerprint density at radius 3 is 2.58 bits per heavy atom. The van der Waals surface area contributed by atoms with Gasteiger partial charge < -0.3 is 9.47 Å². The molecule has 0 bridgehead atoms. The number of nitro benzene ring substituents is 1. The zero-order chi connectivity index (χ0) is 27.1. The third-order valence-corrected chi connectivity index (χ3v) is 6.48. The fraction of sp³-hybridized carbons (Fsp3) is 0.120. The predicted molar refractivity (Wildman–Crippen MR) is 144 cm³/mol. The quantitative estimate of drug-likeness (QED) is 0.129. The molecule has 4 aromatic rings. The molecule has 194 valence electrons. The van der Waals surface area contributed by atoms with Gasteiger partial charge in [-0.2, -0.15) is 5.10 Å². The van der Waals surface area contributed by atoms with Gasteiger partial charge in [0.1, 0.15) is 0 Å². The first-order valence-electron chi connectivity index (χ1n) is 11.0. The number of nitrogens with one attached hydrogen (secondary N) is 1. The van der Waals surface area contributed by atoms with Crippen LogP contribution in [0.4, 0.5) is 5.69 Å². The number of nitrogens with zero attached hydrogens (tertiary/aromatic N) is 5. The standard InChI is InChI=1S/C25H21ClN6O5S/c1-36-21-11-8-16(13-22(21)37-2)24-29-30-25(31(24)18-6-4-3-5-7-18)38-15-23(33)28-27-14-17-12-19(32(34)35)9-10-20(17)26/h3-14H,15H2,1-2H3,(H,28,33). The maximum Gasteiger partial charge on any atom is 0.270 e. The van der Waals surface area contributed by atoms with Crippen molar-refractivity contribution in [2.45, 2.75) is 5.16 Å². The second kappa shape index (κ2) is 12.2. The van der Waals surface area contributed by atoms with E-state index in [1.807, 2.05) is 41.0 Å². The van der Waals surface area contributed by atoms with Crippen molar-refractivity contribution in [3.8, 4) is 28.6 Å². The maximum atomic E-state index is 12.5. The number of hydrazone groups is 1. The predicted octanol–water partition coefficient (Wildman–Crippen LogP) is 4.76. The summed E-state index contributed by atoms with van der Waals surface area (Å²) in [6.45, 7) is 0. The van der Waals surface area contributed by atoms with Crippen LogP contribution < -0.4 is 14.9 Å². The minimum absolute atomic E-state index is 0.0170. The van der Waals surface area contributed by atoms with Gasteiger partial charge in [0.25, 0.3) is 11.6 Å². The second-order valence-corrected chi connectivity index (χ2v) is 8.94. The first-order chi connectivity index (χ1) is 18.4. The van der Waals surface area contributed by atoms with Crippen molar-refractivity contribution < 1.29 is 19.2 Å². The number of amides is 1. The molecule has 1 amide bonds. The summed E-state index contributed by atoms with van der Waals surface area (Å²) in [4.78, 5) is 22.9. The molecule has 1 N–H and O–H groups in total. The molecule has 13 heteroatoms. The molecular formula is C25H21ClN6O5S. The Labute approximate surface area is 226 Å². The van der Waals surface area contributed by atoms with Gasteiger partial charge in [0.05, 0.1) is 31.1 Å². The summed E-state index contributed by atoms with van der Waals surface area (Å²) in [6.07, 6.45) is 1.25. The van der Waals surface area contributed by atoms with Crippen LogP contribution in [0, 0.1) is 10.1 Å². The number of methoxy groups -OCH3 is 2. The number of para-hydroxylation sites is 1. The topological polar surface area (TPSA) is 134 Å². The molecule has 0 unspecified atom stereocenters. The SMILES string of the molecule is COc1ccc(-c2nnc(SCC(=O)NN=Cc3cc([N+](=O)[O-])ccc3Cl)n2-c2ccccc2)cc1OC. The minimum atomic E-state index is -0.540. The lowest BCUT2D eigenvalue weighted by Crippen LogP contribution is -2.20. The lowest BCUT2D eigenvalue weighted by molar-refractivity contribution is -0.384. The van der Waals surface area contributed by atoms with Gasteiger partial charge in [0, 0.05) is 34.0 Å². The normalized spacial score (nSPS) is 10.9. The van der Waals surface area contributed by atoms with E-state index in [0.29, 0.717) is 28.0 Å². The molecule has 0 atom stereocenters. The summed E-state index contributed by atoms with van der Waals surface area (Å²) in [7, 11) is 3.12. The van der Waals surface area contributed by atoms with Crippen molar-refractivity contribution in [3.63, 3.8) is 0 Å². The van der Waals surface area contributed by atoms with Crippen LogP contribution in [-0.4, -0.2) is 51.8 Å². The zero-order valence-corrected chi connectivity index (χ0v) is 21.8. The molecule has 4 rings (SSSR count). The fourth-order valence-electron chi connectivity index (χ4n) is 3.42. The number of hydrogen-bond acceptors (Lipinski definition) is 9. The van der Waals surface area contributed by atoms with Crippen LogP contribution in [0.15, 0.2) is 77.0 Å². The van der Waals surface area contributed by atoms with E-state index >= 15 is 0 Å². The fourth-order valence-corrected chi connectivity index (χ4v) is 4.33. The van der Waals surface area contributed by atoms with E-state index in [2.05, 4.69) is 20.7 Å². The second-order valence-electron chi connectivity index (χ2n) is 7.59. The van der Waals surface area contributed by atoms with Crippen molar-refractivity contribution in [3.05, 3.63) is 87.4 Å². The van der Waals surface area contributed by atoms with Gasteiger partial charge in [-0.1, -0.05) is 41.6 Å². The maximum absolute atomic E-state index is 12.5. The summed E-state index contributed by atoms with van der Waals surface area (Å²) in [6, 6.07) is 18.9. The average molecular weight is 553 g/mol. The Morgan fingerprint density at radius 1 is 1.11 bits per heavy atom. The first-order valence-corrected chi connectivity index (χ1v) is 12.4. The Bertz CT molecular complexity index is 1500. The van der Waals surface area contributed by atoms with E-state index in [4.69, 9.17) is 21.1 Å². The molecule has 0 fully saturated rings. The summed E-state index contributed by atoms with van der Waals surface area (Å²) in [5.74, 6) is 1.25. The van der Waals surface area contributed by atoms with Crippen molar-refractivity contribution in [1.82, 2.24) is 20.2 Å². The number of rotatable bonds is 10. The zero-order valence-electron chi connectivity index (χ0n) is 20.2. The van der Waals surface area contributed by atoms with Crippen LogP contribution in [0.25, 0.3) is 17.1 Å². The van der Waals surface area contributed by atoms with Crippen LogP contribution in [-0.2, 0) is 4.79 Å². The first kappa shape index (κ1) is 26.6. The summed E-state index contributed by atoms with van der Waals surface area (Å²) >= 11 is 7.23. The lowest BCUT2D eigenvalue weighted by Gasteiger charge is -2.12. The molecule has 3 aromatic carbocycles. The molecule has 0 aliphatic carbocycles. The van der Waals surface area contributed by atoms with Crippen LogP contribution >= 0.6 is 23.4 Å². The number of nitro groups is 1. The molecule has 0 aliphatic heterocycles. The monoisotopic (exact) mass is 552 g/mol. The van der Waals surface area contributed by atoms with E-state index in [1.165, 1.54) is 36.2 Å². The summed E-state index contributed by atoms with van der Waals surface area (Å²) < 4.78 is 12.6. The third-order valence-electron chi connectivity index (χ3n) is 5.21. The van der Waals surface area contributed by atoms with E-state index in [1.54, 1.807) is 26.4 Å². The van der Waals surface area contributed by atoms with Crippen LogP contribution in [0.5, 0.6) is 11.5 Å². The van der Waals surface area contributed by atoms with Crippen molar-refractivity contribution >= 4 is 41.2 Å². The summed E-state index contributed by atoms with van der Waals surface area (Å²) in [5.41, 5.74) is 4.12. The Balaban J connectivity index is 1.53. The number of halogens is 1. The molecular weight excluding hydrogens is 532 g/mol. The smallest absolute Gasteiger partial charge is 0.270 e. The lowest BCUT2D eigenvalue weighted by atomic mass is 10.2. The van der Waals surface area contributed by atoms with Gasteiger partial charge in [-0.15, -0.1) is 10.2 Å². The van der Waals surface area contributed by atoms with Gasteiger partial charge in [0.2, 0.25) is 0 Å². The Hall–Kier alpha value is -4.42. The van der Waals surface area contributed by atoms with E-state index < -0.39 is 10.8 Å². The number of ether oxygens (including phenoxy) is 2. The number of hydrogen-bond donors (Lipinski definition) is 1. The van der Waals surface area contributed by atoms with Crippen LogP contribution in [0.2, 0.25) is 5.02 Å². The number of carbonyl (C=O) groups is 1. The highest BCUT2D eigenvalue weighted by Gasteiger charge is 2.19. The van der Waals surface area contributed by atoms with Crippen LogP contribution in [0.3, 0.4) is 0 Å². The van der Waals surface area contributed by atoms with E-state index in [-0.39, 0.29) is 16.5 Å². The largest absolute Gasteiger partial charge is 0.493 e. The van der Waals surface area contributed by atoms with Crippen molar-refractivity contribution in [2.24, 2.45) is 5.10 Å². The number of aromatic nitrogens is 3. The van der Waals surface area contributed by atoms with Crippen molar-refractivity contribution in [1.29, 1.82) is 0 Å². The molecule has 1 aromatic heterocycles. The highest BCUT2D eigenvalue weighted by atomic mass is 35.5. The molecule has 1 heterocycles. The number of benzene rings is 3. The molecule has 0 spiro atoms. The van der Waals surface area contributed by atoms with Crippen molar-refractivity contribution in [2.75, 3.05) is 20.0 Å². The molecule has 38 heavy (non-hydrogen) atoms. The highest BCUT2D eigenvalue weighted by molar-refractivity contribution is 7.99. The number of carbonyl (C=O) groups excluding carboxylic acids is 1. The Kier molecular flexibility index (Phi) is 8.56. The van der Waals surface area contributed by atoms with Gasteiger partial charge in [-0.25, -0.2) is 5.43 Å². The highest BCUT2D eigenvalue weighted by Crippen LogP contribution is 2.34. The average Bonchev–Trinajstić information content (AvgIpc) is 3.36. The number of non-ortho nitro benzene ring substituents is 1. The molecule has 0 aliphatic rings. The number of thioether (sulfide) groups is 1. The van der Waals surface area contributed by atoms with E-state index in [9.17, 15) is 14.9 Å². The van der Waals surface area contributed by atoms with Gasteiger partial charge in [0.15, 0.2) is 22.5 Å².